The summed E-state index contributed by atoms with van der Waals surface area (Å²) in [7, 11) is 1.44. The molecule has 0 spiro atoms. The normalized spacial score (nSPS) is 28.4. The third-order valence-electron chi connectivity index (χ3n) is 2.86. The van der Waals surface area contributed by atoms with Crippen LogP contribution in [0.3, 0.4) is 0 Å². The van der Waals surface area contributed by atoms with E-state index in [-0.39, 0.29) is 11.4 Å². The molecule has 2 heteroatoms. The molecule has 0 aromatic heterocycles. The number of esters is 1. The zero-order chi connectivity index (χ0) is 9.19. The van der Waals surface area contributed by atoms with Crippen LogP contribution in [0.5, 0.6) is 0 Å². The fraction of sp³-hybridized carbons (Fsp3) is 0.700. The van der Waals surface area contributed by atoms with Crippen LogP contribution in [-0.4, -0.2) is 13.1 Å². The molecular weight excluding hydrogens is 152 g/mol. The van der Waals surface area contributed by atoms with Gasteiger partial charge in [-0.25, -0.2) is 0 Å². The van der Waals surface area contributed by atoms with Crippen molar-refractivity contribution in [3.05, 3.63) is 11.6 Å². The van der Waals surface area contributed by atoms with Gasteiger partial charge in [0.1, 0.15) is 0 Å². The fourth-order valence-corrected chi connectivity index (χ4v) is 1.67. The summed E-state index contributed by atoms with van der Waals surface area (Å²) in [5.74, 6) is -0.104. The van der Waals surface area contributed by atoms with Crippen LogP contribution in [0.1, 0.15) is 33.1 Å². The highest BCUT2D eigenvalue weighted by atomic mass is 16.5. The molecule has 0 N–H and O–H groups in total. The van der Waals surface area contributed by atoms with Crippen molar-refractivity contribution in [3.8, 4) is 0 Å². The zero-order valence-electron chi connectivity index (χ0n) is 8.02. The second-order valence-corrected chi connectivity index (χ2v) is 3.74. The maximum absolute atomic E-state index is 11.1. The largest absolute Gasteiger partial charge is 0.469 e. The summed E-state index contributed by atoms with van der Waals surface area (Å²) in [6.45, 7) is 4.22. The van der Waals surface area contributed by atoms with Gasteiger partial charge in [-0.3, -0.25) is 4.79 Å². The molecule has 0 saturated heterocycles. The molecule has 0 bridgehead atoms. The van der Waals surface area contributed by atoms with Gasteiger partial charge in [0.15, 0.2) is 0 Å². The Balaban J connectivity index is 2.61. The summed E-state index contributed by atoms with van der Waals surface area (Å²) in [5.41, 5.74) is 1.39. The van der Waals surface area contributed by atoms with Crippen LogP contribution in [0.4, 0.5) is 0 Å². The Hall–Kier alpha value is -0.790. The number of carbonyl (C=O) groups is 1. The molecule has 1 aliphatic carbocycles. The molecule has 1 aliphatic rings. The minimum absolute atomic E-state index is 0.0626. The first kappa shape index (κ1) is 9.30. The Kier molecular flexibility index (Phi) is 2.55. The number of carbonyl (C=O) groups excluding carboxylic acids is 1. The van der Waals surface area contributed by atoms with Crippen LogP contribution in [-0.2, 0) is 9.53 Å². The van der Waals surface area contributed by atoms with Gasteiger partial charge in [-0.05, 0) is 25.2 Å². The summed E-state index contributed by atoms with van der Waals surface area (Å²) in [4.78, 5) is 11.1. The van der Waals surface area contributed by atoms with Crippen LogP contribution < -0.4 is 0 Å². The van der Waals surface area contributed by atoms with E-state index < -0.39 is 0 Å². The van der Waals surface area contributed by atoms with Crippen molar-refractivity contribution in [3.63, 3.8) is 0 Å². The van der Waals surface area contributed by atoms with Crippen molar-refractivity contribution in [2.24, 2.45) is 5.41 Å². The van der Waals surface area contributed by atoms with E-state index >= 15 is 0 Å². The van der Waals surface area contributed by atoms with Gasteiger partial charge < -0.3 is 4.74 Å². The summed E-state index contributed by atoms with van der Waals surface area (Å²) >= 11 is 0. The molecule has 0 radical (unpaired) electrons. The van der Waals surface area contributed by atoms with Gasteiger partial charge >= 0.3 is 5.97 Å². The first-order valence-corrected chi connectivity index (χ1v) is 4.32. The van der Waals surface area contributed by atoms with Gasteiger partial charge in [0.05, 0.1) is 13.5 Å². The second-order valence-electron chi connectivity index (χ2n) is 3.74. The fourth-order valence-electron chi connectivity index (χ4n) is 1.67. The van der Waals surface area contributed by atoms with Gasteiger partial charge in [0.2, 0.25) is 0 Å². The molecule has 2 nitrogen and oxygen atoms in total. The molecule has 68 valence electrons. The van der Waals surface area contributed by atoms with E-state index in [0.29, 0.717) is 6.42 Å². The second kappa shape index (κ2) is 3.30. The molecule has 0 fully saturated rings. The van der Waals surface area contributed by atoms with E-state index in [4.69, 9.17) is 0 Å². The number of hydrogen-bond acceptors (Lipinski definition) is 2. The minimum Gasteiger partial charge on any atom is -0.469 e. The standard InChI is InChI=1S/C10H16O2/c1-8-5-4-6-10(8,2)7-9(11)12-3/h5H,4,6-7H2,1-3H3/t10-/m0/s1. The number of rotatable bonds is 2. The number of hydrogen-bond donors (Lipinski definition) is 0. The third kappa shape index (κ3) is 1.68. The maximum atomic E-state index is 11.1. The van der Waals surface area contributed by atoms with Gasteiger partial charge in [0, 0.05) is 0 Å². The summed E-state index contributed by atoms with van der Waals surface area (Å²) in [6, 6.07) is 0. The molecule has 0 saturated carbocycles. The van der Waals surface area contributed by atoms with Crippen molar-refractivity contribution >= 4 is 5.97 Å². The average molecular weight is 168 g/mol. The highest BCUT2D eigenvalue weighted by molar-refractivity contribution is 5.70. The SMILES string of the molecule is COC(=O)C[C@]1(C)CCC=C1C. The molecule has 0 aliphatic heterocycles. The highest BCUT2D eigenvalue weighted by Crippen LogP contribution is 2.41. The lowest BCUT2D eigenvalue weighted by Crippen LogP contribution is -2.20. The summed E-state index contributed by atoms with van der Waals surface area (Å²) < 4.78 is 4.66. The molecule has 0 aromatic rings. The van der Waals surface area contributed by atoms with Crippen LogP contribution in [0, 0.1) is 5.41 Å². The Morgan fingerprint density at radius 3 is 2.83 bits per heavy atom. The summed E-state index contributed by atoms with van der Waals surface area (Å²) in [5, 5.41) is 0. The number of ether oxygens (including phenoxy) is 1. The van der Waals surface area contributed by atoms with Crippen molar-refractivity contribution in [1.82, 2.24) is 0 Å². The smallest absolute Gasteiger partial charge is 0.306 e. The zero-order valence-corrected chi connectivity index (χ0v) is 8.02. The van der Waals surface area contributed by atoms with Crippen molar-refractivity contribution in [2.75, 3.05) is 7.11 Å². The lowest BCUT2D eigenvalue weighted by Gasteiger charge is -2.24. The third-order valence-corrected chi connectivity index (χ3v) is 2.86. The van der Waals surface area contributed by atoms with Crippen LogP contribution >= 0.6 is 0 Å². The van der Waals surface area contributed by atoms with E-state index in [1.54, 1.807) is 0 Å². The molecule has 0 heterocycles. The van der Waals surface area contributed by atoms with Gasteiger partial charge in [-0.1, -0.05) is 18.6 Å². The van der Waals surface area contributed by atoms with Gasteiger partial charge in [-0.2, -0.15) is 0 Å². The van der Waals surface area contributed by atoms with Crippen LogP contribution in [0.15, 0.2) is 11.6 Å². The van der Waals surface area contributed by atoms with Crippen LogP contribution in [0.2, 0.25) is 0 Å². The molecular formula is C10H16O2. The van der Waals surface area contributed by atoms with E-state index in [1.807, 2.05) is 0 Å². The predicted octanol–water partition coefficient (Wildman–Crippen LogP) is 2.30. The molecule has 0 aromatic carbocycles. The first-order chi connectivity index (χ1) is 5.58. The molecule has 12 heavy (non-hydrogen) atoms. The topological polar surface area (TPSA) is 26.3 Å². The summed E-state index contributed by atoms with van der Waals surface area (Å²) in [6.07, 6.45) is 4.90. The lowest BCUT2D eigenvalue weighted by atomic mass is 9.81. The van der Waals surface area contributed by atoms with Crippen molar-refractivity contribution < 1.29 is 9.53 Å². The maximum Gasteiger partial charge on any atom is 0.306 e. The Morgan fingerprint density at radius 1 is 1.75 bits per heavy atom. The van der Waals surface area contributed by atoms with E-state index in [2.05, 4.69) is 24.7 Å². The van der Waals surface area contributed by atoms with Gasteiger partial charge in [-0.15, -0.1) is 0 Å². The van der Waals surface area contributed by atoms with E-state index in [0.717, 1.165) is 12.8 Å². The van der Waals surface area contributed by atoms with Crippen molar-refractivity contribution in [2.45, 2.75) is 33.1 Å². The first-order valence-electron chi connectivity index (χ1n) is 4.32. The quantitative estimate of drug-likeness (QED) is 0.467. The molecule has 1 rings (SSSR count). The van der Waals surface area contributed by atoms with Gasteiger partial charge in [0.25, 0.3) is 0 Å². The molecule has 1 atom stereocenters. The Labute approximate surface area is 73.6 Å². The minimum atomic E-state index is -0.104. The number of allylic oxidation sites excluding steroid dienone is 2. The Bertz CT molecular complexity index is 218. The highest BCUT2D eigenvalue weighted by Gasteiger charge is 2.32. The number of methoxy groups -OCH3 is 1. The monoisotopic (exact) mass is 168 g/mol. The molecule has 0 amide bonds. The van der Waals surface area contributed by atoms with Crippen molar-refractivity contribution in [1.29, 1.82) is 0 Å². The Morgan fingerprint density at radius 2 is 2.42 bits per heavy atom. The average Bonchev–Trinajstić information content (AvgIpc) is 2.32. The predicted molar refractivity (Wildman–Crippen MR) is 47.7 cm³/mol. The lowest BCUT2D eigenvalue weighted by molar-refractivity contribution is -0.142. The van der Waals surface area contributed by atoms with Crippen LogP contribution in [0.25, 0.3) is 0 Å². The van der Waals surface area contributed by atoms with E-state index in [1.165, 1.54) is 12.7 Å². The molecule has 0 unspecified atom stereocenters. The van der Waals surface area contributed by atoms with E-state index in [9.17, 15) is 4.79 Å².